The second-order valence-corrected chi connectivity index (χ2v) is 5.06. The summed E-state index contributed by atoms with van der Waals surface area (Å²) < 4.78 is 0. The molecule has 0 bridgehead atoms. The number of hydrogen-bond donors (Lipinski definition) is 1. The molecule has 2 nitrogen and oxygen atoms in total. The van der Waals surface area contributed by atoms with Crippen molar-refractivity contribution in [1.29, 1.82) is 0 Å². The van der Waals surface area contributed by atoms with Crippen LogP contribution in [0.5, 0.6) is 0 Å². The summed E-state index contributed by atoms with van der Waals surface area (Å²) in [6, 6.07) is 17.2. The van der Waals surface area contributed by atoms with Gasteiger partial charge in [0.15, 0.2) is 0 Å². The number of para-hydroxylation sites is 1. The van der Waals surface area contributed by atoms with Gasteiger partial charge in [0, 0.05) is 19.3 Å². The van der Waals surface area contributed by atoms with Gasteiger partial charge in [0.25, 0.3) is 0 Å². The van der Waals surface area contributed by atoms with Crippen molar-refractivity contribution in [2.45, 2.75) is 19.9 Å². The summed E-state index contributed by atoms with van der Waals surface area (Å²) in [5.74, 6) is 0. The molecular weight excluding hydrogens is 232 g/mol. The Labute approximate surface area is 115 Å². The van der Waals surface area contributed by atoms with Crippen LogP contribution in [0.1, 0.15) is 22.7 Å². The Morgan fingerprint density at radius 1 is 1.05 bits per heavy atom. The van der Waals surface area contributed by atoms with Crippen LogP contribution in [-0.4, -0.2) is 13.6 Å². The quantitative estimate of drug-likeness (QED) is 0.905. The summed E-state index contributed by atoms with van der Waals surface area (Å²) in [5.41, 5.74) is 11.1. The number of nitrogens with two attached hydrogens (primary N) is 1. The molecule has 0 aliphatic heterocycles. The number of hydrogen-bond acceptors (Lipinski definition) is 2. The maximum absolute atomic E-state index is 6.02. The van der Waals surface area contributed by atoms with Crippen molar-refractivity contribution >= 4 is 5.69 Å². The second-order valence-electron chi connectivity index (χ2n) is 5.06. The van der Waals surface area contributed by atoms with Gasteiger partial charge < -0.3 is 10.6 Å². The largest absolute Gasteiger partial charge is 0.366 e. The highest BCUT2D eigenvalue weighted by atomic mass is 15.1. The first-order valence-corrected chi connectivity index (χ1v) is 6.68. The normalized spacial score (nSPS) is 12.2. The molecule has 2 N–H and O–H groups in total. The SMILES string of the molecule is Cc1ccc(C)c(C(CN)N(C)c2ccccc2)c1. The van der Waals surface area contributed by atoms with Crippen molar-refractivity contribution in [3.63, 3.8) is 0 Å². The highest BCUT2D eigenvalue weighted by Gasteiger charge is 2.17. The van der Waals surface area contributed by atoms with Crippen molar-refractivity contribution in [1.82, 2.24) is 0 Å². The van der Waals surface area contributed by atoms with E-state index < -0.39 is 0 Å². The molecule has 0 radical (unpaired) electrons. The molecular formula is C17H22N2. The number of nitrogens with zero attached hydrogens (tertiary/aromatic N) is 1. The Morgan fingerprint density at radius 2 is 1.74 bits per heavy atom. The lowest BCUT2D eigenvalue weighted by molar-refractivity contribution is 0.676. The van der Waals surface area contributed by atoms with Gasteiger partial charge in [-0.25, -0.2) is 0 Å². The molecule has 0 aliphatic rings. The Bertz CT molecular complexity index is 534. The van der Waals surface area contributed by atoms with Gasteiger partial charge in [-0.05, 0) is 37.1 Å². The van der Waals surface area contributed by atoms with Crippen LogP contribution in [0, 0.1) is 13.8 Å². The van der Waals surface area contributed by atoms with Gasteiger partial charge in [-0.3, -0.25) is 0 Å². The smallest absolute Gasteiger partial charge is 0.0664 e. The molecule has 19 heavy (non-hydrogen) atoms. The second kappa shape index (κ2) is 5.89. The summed E-state index contributed by atoms with van der Waals surface area (Å²) in [6.45, 7) is 4.88. The monoisotopic (exact) mass is 254 g/mol. The Morgan fingerprint density at radius 3 is 2.37 bits per heavy atom. The lowest BCUT2D eigenvalue weighted by Crippen LogP contribution is -2.31. The van der Waals surface area contributed by atoms with Gasteiger partial charge in [0.1, 0.15) is 0 Å². The fourth-order valence-electron chi connectivity index (χ4n) is 2.46. The van der Waals surface area contributed by atoms with Crippen LogP contribution in [0.25, 0.3) is 0 Å². The zero-order valence-electron chi connectivity index (χ0n) is 11.9. The van der Waals surface area contributed by atoms with Crippen LogP contribution in [0.2, 0.25) is 0 Å². The summed E-state index contributed by atoms with van der Waals surface area (Å²) in [6.07, 6.45) is 0. The third kappa shape index (κ3) is 2.96. The van der Waals surface area contributed by atoms with Gasteiger partial charge in [-0.15, -0.1) is 0 Å². The number of aryl methyl sites for hydroxylation is 2. The summed E-state index contributed by atoms with van der Waals surface area (Å²) >= 11 is 0. The molecule has 0 heterocycles. The minimum Gasteiger partial charge on any atom is -0.366 e. The van der Waals surface area contributed by atoms with E-state index in [1.54, 1.807) is 0 Å². The van der Waals surface area contributed by atoms with Crippen LogP contribution in [0.4, 0.5) is 5.69 Å². The molecule has 1 atom stereocenters. The van der Waals surface area contributed by atoms with Gasteiger partial charge in [-0.2, -0.15) is 0 Å². The molecule has 2 aromatic rings. The van der Waals surface area contributed by atoms with Crippen LogP contribution in [0.15, 0.2) is 48.5 Å². The molecule has 0 saturated heterocycles. The van der Waals surface area contributed by atoms with Crippen molar-refractivity contribution in [2.75, 3.05) is 18.5 Å². The number of anilines is 1. The fraction of sp³-hybridized carbons (Fsp3) is 0.294. The zero-order valence-corrected chi connectivity index (χ0v) is 11.9. The zero-order chi connectivity index (χ0) is 13.8. The number of rotatable bonds is 4. The van der Waals surface area contributed by atoms with E-state index in [9.17, 15) is 0 Å². The topological polar surface area (TPSA) is 29.3 Å². The van der Waals surface area contributed by atoms with Gasteiger partial charge in [0.2, 0.25) is 0 Å². The highest BCUT2D eigenvalue weighted by Crippen LogP contribution is 2.27. The van der Waals surface area contributed by atoms with Crippen LogP contribution >= 0.6 is 0 Å². The lowest BCUT2D eigenvalue weighted by Gasteiger charge is -2.30. The molecule has 0 spiro atoms. The van der Waals surface area contributed by atoms with E-state index in [2.05, 4.69) is 68.3 Å². The predicted octanol–water partition coefficient (Wildman–Crippen LogP) is 3.44. The first kappa shape index (κ1) is 13.6. The Balaban J connectivity index is 2.37. The van der Waals surface area contributed by atoms with E-state index in [0.717, 1.165) is 0 Å². The van der Waals surface area contributed by atoms with Gasteiger partial charge in [0.05, 0.1) is 6.04 Å². The molecule has 2 aromatic carbocycles. The van der Waals surface area contributed by atoms with Crippen molar-refractivity contribution in [3.8, 4) is 0 Å². The molecule has 2 heteroatoms. The van der Waals surface area contributed by atoms with E-state index in [-0.39, 0.29) is 6.04 Å². The predicted molar refractivity (Wildman–Crippen MR) is 82.6 cm³/mol. The standard InChI is InChI=1S/C17H22N2/c1-13-9-10-14(2)16(11-13)17(12-18)19(3)15-7-5-4-6-8-15/h4-11,17H,12,18H2,1-3H3. The Hall–Kier alpha value is -1.80. The molecule has 0 aliphatic carbocycles. The summed E-state index contributed by atoms with van der Waals surface area (Å²) in [7, 11) is 2.11. The molecule has 0 fully saturated rings. The molecule has 1 unspecified atom stereocenters. The third-order valence-electron chi connectivity index (χ3n) is 3.65. The molecule has 0 amide bonds. The van der Waals surface area contributed by atoms with E-state index in [1.807, 2.05) is 6.07 Å². The van der Waals surface area contributed by atoms with Crippen molar-refractivity contribution < 1.29 is 0 Å². The van der Waals surface area contributed by atoms with E-state index in [1.165, 1.54) is 22.4 Å². The van der Waals surface area contributed by atoms with E-state index in [4.69, 9.17) is 5.73 Å². The minimum absolute atomic E-state index is 0.210. The van der Waals surface area contributed by atoms with Gasteiger partial charge in [-0.1, -0.05) is 42.0 Å². The summed E-state index contributed by atoms with van der Waals surface area (Å²) in [4.78, 5) is 2.25. The van der Waals surface area contributed by atoms with Crippen LogP contribution < -0.4 is 10.6 Å². The van der Waals surface area contributed by atoms with E-state index in [0.29, 0.717) is 6.54 Å². The highest BCUT2D eigenvalue weighted by molar-refractivity contribution is 5.49. The fourth-order valence-corrected chi connectivity index (χ4v) is 2.46. The number of benzene rings is 2. The summed E-state index contributed by atoms with van der Waals surface area (Å²) in [5, 5.41) is 0. The first-order chi connectivity index (χ1) is 9.13. The minimum atomic E-state index is 0.210. The molecule has 2 rings (SSSR count). The van der Waals surface area contributed by atoms with Crippen LogP contribution in [0.3, 0.4) is 0 Å². The average molecular weight is 254 g/mol. The molecule has 0 saturated carbocycles. The molecule has 0 aromatic heterocycles. The maximum atomic E-state index is 6.02. The maximum Gasteiger partial charge on any atom is 0.0664 e. The first-order valence-electron chi connectivity index (χ1n) is 6.68. The van der Waals surface area contributed by atoms with Crippen LogP contribution in [-0.2, 0) is 0 Å². The molecule has 100 valence electrons. The Kier molecular flexibility index (Phi) is 4.23. The van der Waals surface area contributed by atoms with Crippen molar-refractivity contribution in [2.24, 2.45) is 5.73 Å². The van der Waals surface area contributed by atoms with Crippen molar-refractivity contribution in [3.05, 3.63) is 65.2 Å². The van der Waals surface area contributed by atoms with E-state index >= 15 is 0 Å². The average Bonchev–Trinajstić information content (AvgIpc) is 2.44. The lowest BCUT2D eigenvalue weighted by atomic mass is 9.97. The number of likely N-dealkylation sites (N-methyl/N-ethyl adjacent to an activating group) is 1. The van der Waals surface area contributed by atoms with Gasteiger partial charge >= 0.3 is 0 Å². The third-order valence-corrected chi connectivity index (χ3v) is 3.65.